The highest BCUT2D eigenvalue weighted by Gasteiger charge is 2.11. The maximum Gasteiger partial charge on any atom is 0.516 e. The topological polar surface area (TPSA) is 73.7 Å². The molecule has 0 saturated heterocycles. The largest absolute Gasteiger partial charge is 0.516 e. The number of hydrogen-bond acceptors (Lipinski definition) is 6. The van der Waals surface area contributed by atoms with E-state index in [1.165, 1.54) is 12.3 Å². The van der Waals surface area contributed by atoms with Gasteiger partial charge in [0.25, 0.3) is 0 Å². The maximum absolute atomic E-state index is 13.1. The second-order valence-corrected chi connectivity index (χ2v) is 2.66. The predicted molar refractivity (Wildman–Crippen MR) is 58.0 cm³/mol. The van der Waals surface area contributed by atoms with Crippen LogP contribution in [0.15, 0.2) is 23.8 Å². The molecule has 6 nitrogen and oxygen atoms in total. The minimum atomic E-state index is -0.997. The second kappa shape index (κ2) is 6.31. The van der Waals surface area contributed by atoms with Gasteiger partial charge in [0.2, 0.25) is 0 Å². The highest BCUT2D eigenvalue weighted by atomic mass is 19.1. The van der Waals surface area contributed by atoms with Crippen LogP contribution in [-0.2, 0) is 4.74 Å². The number of ether oxygens (including phenoxy) is 2. The molecule has 0 aromatic carbocycles. The Labute approximate surface area is 96.8 Å². The summed E-state index contributed by atoms with van der Waals surface area (Å²) in [5.41, 5.74) is 0. The van der Waals surface area contributed by atoms with Crippen molar-refractivity contribution in [2.45, 2.75) is 6.92 Å². The summed E-state index contributed by atoms with van der Waals surface area (Å²) in [7, 11) is 0. The second-order valence-electron chi connectivity index (χ2n) is 2.66. The van der Waals surface area contributed by atoms with Gasteiger partial charge in [-0.3, -0.25) is 0 Å². The Bertz CT molecular complexity index is 448. The summed E-state index contributed by atoms with van der Waals surface area (Å²) in [4.78, 5) is 21.7. The van der Waals surface area contributed by atoms with Crippen molar-refractivity contribution in [3.8, 4) is 6.01 Å². The van der Waals surface area contributed by atoms with Gasteiger partial charge in [0.05, 0.1) is 6.20 Å². The maximum atomic E-state index is 13.1. The minimum absolute atomic E-state index is 0.00000205. The lowest BCUT2D eigenvalue weighted by Gasteiger charge is -2.02. The van der Waals surface area contributed by atoms with Crippen molar-refractivity contribution in [1.29, 1.82) is 0 Å². The number of carbonyl (C=O) groups excluding carboxylic acids is 1. The van der Waals surface area contributed by atoms with Crippen molar-refractivity contribution in [2.24, 2.45) is 4.99 Å². The van der Waals surface area contributed by atoms with Crippen molar-refractivity contribution in [1.82, 2.24) is 9.97 Å². The lowest BCUT2D eigenvalue weighted by atomic mass is 10.5. The van der Waals surface area contributed by atoms with Crippen LogP contribution < -0.4 is 4.74 Å². The van der Waals surface area contributed by atoms with E-state index < -0.39 is 12.0 Å². The van der Waals surface area contributed by atoms with Crippen LogP contribution in [0.2, 0.25) is 0 Å². The van der Waals surface area contributed by atoms with Crippen LogP contribution in [-0.4, -0.2) is 28.9 Å². The quantitative estimate of drug-likeness (QED) is 0.456. The summed E-state index contributed by atoms with van der Waals surface area (Å²) in [6.07, 6.45) is 2.58. The smallest absolute Gasteiger partial charge is 0.430 e. The molecule has 0 unspecified atom stereocenters. The Kier molecular flexibility index (Phi) is 4.74. The highest BCUT2D eigenvalue weighted by molar-refractivity contribution is 5.63. The van der Waals surface area contributed by atoms with Gasteiger partial charge in [-0.25, -0.2) is 19.2 Å². The molecular formula is C10H10FN3O3. The Morgan fingerprint density at radius 1 is 1.71 bits per heavy atom. The molecule has 0 atom stereocenters. The van der Waals surface area contributed by atoms with Gasteiger partial charge in [-0.05, 0) is 6.92 Å². The standard InChI is InChI=1S/C10H10FN3O3/c1-3-5-16-10(15)17-9-13-6-7(11)8(14-9)12-4-2/h3-4,6H,1,5H2,2H3. The zero-order chi connectivity index (χ0) is 12.7. The lowest BCUT2D eigenvalue weighted by molar-refractivity contribution is 0.106. The van der Waals surface area contributed by atoms with Gasteiger partial charge < -0.3 is 9.47 Å². The van der Waals surface area contributed by atoms with E-state index in [2.05, 4.69) is 31.0 Å². The zero-order valence-corrected chi connectivity index (χ0v) is 9.09. The average Bonchev–Trinajstić information content (AvgIpc) is 2.31. The molecule has 0 aliphatic heterocycles. The van der Waals surface area contributed by atoms with Crippen molar-refractivity contribution in [2.75, 3.05) is 6.61 Å². The van der Waals surface area contributed by atoms with Crippen molar-refractivity contribution < 1.29 is 18.7 Å². The number of rotatable bonds is 4. The van der Waals surface area contributed by atoms with E-state index >= 15 is 0 Å². The Morgan fingerprint density at radius 2 is 2.47 bits per heavy atom. The number of halogens is 1. The molecule has 0 radical (unpaired) electrons. The first kappa shape index (κ1) is 12.8. The Hall–Kier alpha value is -2.31. The monoisotopic (exact) mass is 239 g/mol. The number of carbonyl (C=O) groups is 1. The summed E-state index contributed by atoms with van der Waals surface area (Å²) in [5, 5.41) is 0. The van der Waals surface area contributed by atoms with Gasteiger partial charge in [-0.2, -0.15) is 4.98 Å². The van der Waals surface area contributed by atoms with Crippen LogP contribution in [0.1, 0.15) is 6.92 Å². The van der Waals surface area contributed by atoms with Crippen molar-refractivity contribution >= 4 is 18.2 Å². The average molecular weight is 239 g/mol. The third-order valence-electron chi connectivity index (χ3n) is 1.45. The van der Waals surface area contributed by atoms with Gasteiger partial charge in [0.1, 0.15) is 6.61 Å². The van der Waals surface area contributed by atoms with E-state index in [-0.39, 0.29) is 18.4 Å². The molecule has 0 spiro atoms. The molecule has 17 heavy (non-hydrogen) atoms. The summed E-state index contributed by atoms with van der Waals surface area (Å²) in [5.74, 6) is -0.927. The van der Waals surface area contributed by atoms with E-state index in [9.17, 15) is 9.18 Å². The summed E-state index contributed by atoms with van der Waals surface area (Å²) in [6, 6.07) is -0.332. The van der Waals surface area contributed by atoms with Gasteiger partial charge in [0.15, 0.2) is 11.6 Å². The number of aromatic nitrogens is 2. The summed E-state index contributed by atoms with van der Waals surface area (Å²) >= 11 is 0. The SMILES string of the molecule is C=CCOC(=O)Oc1ncc(F)c(N=CC)n1. The first-order valence-electron chi connectivity index (χ1n) is 4.64. The van der Waals surface area contributed by atoms with Gasteiger partial charge >= 0.3 is 12.2 Å². The van der Waals surface area contributed by atoms with E-state index in [1.807, 2.05) is 0 Å². The third kappa shape index (κ3) is 3.98. The molecule has 1 aromatic heterocycles. The molecule has 1 heterocycles. The molecule has 0 aliphatic carbocycles. The number of aliphatic imine (C=N–C) groups is 1. The van der Waals surface area contributed by atoms with Crippen LogP contribution in [0.3, 0.4) is 0 Å². The fraction of sp³-hybridized carbons (Fsp3) is 0.200. The van der Waals surface area contributed by atoms with Gasteiger partial charge in [-0.1, -0.05) is 12.7 Å². The van der Waals surface area contributed by atoms with Gasteiger partial charge in [0, 0.05) is 6.21 Å². The summed E-state index contributed by atoms with van der Waals surface area (Å²) < 4.78 is 22.2. The molecule has 0 N–H and O–H groups in total. The van der Waals surface area contributed by atoms with E-state index in [0.717, 1.165) is 6.20 Å². The summed E-state index contributed by atoms with van der Waals surface area (Å²) in [6.45, 7) is 4.95. The van der Waals surface area contributed by atoms with Crippen molar-refractivity contribution in [3.05, 3.63) is 24.7 Å². The van der Waals surface area contributed by atoms with Crippen LogP contribution in [0, 0.1) is 5.82 Å². The number of hydrogen-bond donors (Lipinski definition) is 0. The van der Waals surface area contributed by atoms with Crippen LogP contribution in [0.5, 0.6) is 6.01 Å². The van der Waals surface area contributed by atoms with Crippen molar-refractivity contribution in [3.63, 3.8) is 0 Å². The Morgan fingerprint density at radius 3 is 3.12 bits per heavy atom. The molecule has 0 aliphatic rings. The fourth-order valence-electron chi connectivity index (χ4n) is 0.835. The molecule has 0 amide bonds. The molecular weight excluding hydrogens is 229 g/mol. The van der Waals surface area contributed by atoms with E-state index in [0.29, 0.717) is 0 Å². The van der Waals surface area contributed by atoms with Gasteiger partial charge in [-0.15, -0.1) is 0 Å². The molecule has 1 aromatic rings. The number of nitrogens with zero attached hydrogens (tertiary/aromatic N) is 3. The molecule has 0 fully saturated rings. The Balaban J connectivity index is 2.75. The lowest BCUT2D eigenvalue weighted by Crippen LogP contribution is -2.12. The van der Waals surface area contributed by atoms with E-state index in [1.54, 1.807) is 6.92 Å². The first-order valence-corrected chi connectivity index (χ1v) is 4.64. The molecule has 1 rings (SSSR count). The molecule has 0 saturated carbocycles. The molecule has 0 bridgehead atoms. The fourth-order valence-corrected chi connectivity index (χ4v) is 0.835. The van der Waals surface area contributed by atoms with Crippen LogP contribution in [0.4, 0.5) is 15.0 Å². The first-order chi connectivity index (χ1) is 8.17. The molecule has 90 valence electrons. The predicted octanol–water partition coefficient (Wildman–Crippen LogP) is 2.04. The van der Waals surface area contributed by atoms with E-state index in [4.69, 9.17) is 0 Å². The normalized spacial score (nSPS) is 10.2. The minimum Gasteiger partial charge on any atom is -0.430 e. The highest BCUT2D eigenvalue weighted by Crippen LogP contribution is 2.16. The third-order valence-corrected chi connectivity index (χ3v) is 1.45. The van der Waals surface area contributed by atoms with Crippen LogP contribution >= 0.6 is 0 Å². The molecule has 7 heteroatoms. The van der Waals surface area contributed by atoms with Crippen LogP contribution in [0.25, 0.3) is 0 Å². The zero-order valence-electron chi connectivity index (χ0n) is 9.09.